The maximum Gasteiger partial charge on any atom is 0.307 e. The maximum atomic E-state index is 11.1. The number of ether oxygens (including phenoxy) is 6. The van der Waals surface area contributed by atoms with E-state index in [4.69, 9.17) is 19.9 Å². The average molecular weight is 407 g/mol. The van der Waals surface area contributed by atoms with Gasteiger partial charge in [-0.15, -0.1) is 0 Å². The van der Waals surface area contributed by atoms with Gasteiger partial charge in [0, 0.05) is 26.1 Å². The lowest BCUT2D eigenvalue weighted by Gasteiger charge is -2.29. The van der Waals surface area contributed by atoms with Crippen molar-refractivity contribution in [3.8, 4) is 0 Å². The fraction of sp³-hybridized carbons (Fsp3) is 0.833. The average Bonchev–Trinajstić information content (AvgIpc) is 2.70. The molecule has 0 saturated heterocycles. The minimum Gasteiger partial charge on any atom is -0.469 e. The molecule has 0 bridgehead atoms. The lowest BCUT2D eigenvalue weighted by atomic mass is 10.1. The third kappa shape index (κ3) is 14.3. The molecule has 0 fully saturated rings. The monoisotopic (exact) mass is 407 g/mol. The molecule has 0 atom stereocenters. The molecule has 0 aliphatic rings. The van der Waals surface area contributed by atoms with Crippen molar-refractivity contribution in [2.24, 2.45) is 5.73 Å². The van der Waals surface area contributed by atoms with Crippen LogP contribution >= 0.6 is 0 Å². The van der Waals surface area contributed by atoms with Crippen molar-refractivity contribution in [3.05, 3.63) is 0 Å². The fourth-order valence-electron chi connectivity index (χ4n) is 2.05. The van der Waals surface area contributed by atoms with Gasteiger partial charge in [0.25, 0.3) is 0 Å². The van der Waals surface area contributed by atoms with E-state index in [9.17, 15) is 14.4 Å². The van der Waals surface area contributed by atoms with Crippen molar-refractivity contribution in [1.82, 2.24) is 0 Å². The predicted octanol–water partition coefficient (Wildman–Crippen LogP) is 0.203. The van der Waals surface area contributed by atoms with Gasteiger partial charge in [0.1, 0.15) is 0 Å². The zero-order chi connectivity index (χ0) is 21.3. The highest BCUT2D eigenvalue weighted by Gasteiger charge is 2.27. The van der Waals surface area contributed by atoms with Gasteiger partial charge in [-0.2, -0.15) is 0 Å². The summed E-state index contributed by atoms with van der Waals surface area (Å²) >= 11 is 0. The lowest BCUT2D eigenvalue weighted by Crippen LogP contribution is -2.53. The van der Waals surface area contributed by atoms with E-state index in [1.807, 2.05) is 0 Å². The Morgan fingerprint density at radius 3 is 1.39 bits per heavy atom. The molecule has 0 saturated carbocycles. The lowest BCUT2D eigenvalue weighted by molar-refractivity contribution is -0.143. The van der Waals surface area contributed by atoms with Crippen molar-refractivity contribution in [1.29, 1.82) is 0 Å². The molecule has 0 spiro atoms. The highest BCUT2D eigenvalue weighted by atomic mass is 16.5. The molecule has 28 heavy (non-hydrogen) atoms. The van der Waals surface area contributed by atoms with E-state index in [1.54, 1.807) is 0 Å². The molecular weight excluding hydrogens is 374 g/mol. The minimum absolute atomic E-state index is 0.109. The summed E-state index contributed by atoms with van der Waals surface area (Å²) in [6.07, 6.45) is 1.64. The van der Waals surface area contributed by atoms with Crippen LogP contribution in [0, 0.1) is 0 Å². The van der Waals surface area contributed by atoms with Crippen molar-refractivity contribution >= 4 is 17.9 Å². The van der Waals surface area contributed by atoms with E-state index in [0.29, 0.717) is 26.1 Å². The van der Waals surface area contributed by atoms with Gasteiger partial charge in [-0.05, 0) is 12.8 Å². The first-order chi connectivity index (χ1) is 13.4. The summed E-state index contributed by atoms with van der Waals surface area (Å²) in [5.74, 6) is -0.980. The number of hydrogen-bond donors (Lipinski definition) is 1. The number of esters is 3. The number of hydrogen-bond acceptors (Lipinski definition) is 10. The van der Waals surface area contributed by atoms with Crippen molar-refractivity contribution in [2.45, 2.75) is 37.6 Å². The van der Waals surface area contributed by atoms with Crippen LogP contribution in [-0.4, -0.2) is 84.4 Å². The zero-order valence-electron chi connectivity index (χ0n) is 17.0. The van der Waals surface area contributed by atoms with Crippen LogP contribution < -0.4 is 5.73 Å². The smallest absolute Gasteiger partial charge is 0.307 e. The van der Waals surface area contributed by atoms with Gasteiger partial charge in [-0.25, -0.2) is 0 Å². The summed E-state index contributed by atoms with van der Waals surface area (Å²) in [5, 5.41) is 0. The van der Waals surface area contributed by atoms with E-state index in [2.05, 4.69) is 14.2 Å². The molecule has 0 aromatic carbocycles. The van der Waals surface area contributed by atoms with Crippen LogP contribution in [0.3, 0.4) is 0 Å². The van der Waals surface area contributed by atoms with Gasteiger partial charge in [0.05, 0.1) is 59.7 Å². The molecule has 0 aromatic rings. The van der Waals surface area contributed by atoms with Gasteiger partial charge >= 0.3 is 17.9 Å². The Morgan fingerprint density at radius 2 is 1.00 bits per heavy atom. The molecule has 0 heterocycles. The van der Waals surface area contributed by atoms with Crippen LogP contribution in [0.4, 0.5) is 0 Å². The molecule has 0 aliphatic heterocycles. The topological polar surface area (TPSA) is 133 Å². The molecule has 0 amide bonds. The molecule has 10 nitrogen and oxygen atoms in total. The molecular formula is C18H33NO9. The Bertz CT molecular complexity index is 430. The number of nitrogens with two attached hydrogens (primary N) is 1. The molecule has 164 valence electrons. The molecule has 0 rings (SSSR count). The standard InChI is InChI=1S/C18H33NO9/c1-23-15(20)6-4-9-26-12-18(19,14-28-11-8-17(22)25-3)13-27-10-5-7-16(21)24-2/h4-14,19H2,1-3H3. The SMILES string of the molecule is COC(=O)CCCOCC(N)(COCCCC(=O)OC)COCCC(=O)OC. The van der Waals surface area contributed by atoms with Gasteiger partial charge < -0.3 is 34.2 Å². The van der Waals surface area contributed by atoms with Crippen LogP contribution in [-0.2, 0) is 42.8 Å². The van der Waals surface area contributed by atoms with Crippen molar-refractivity contribution in [3.63, 3.8) is 0 Å². The van der Waals surface area contributed by atoms with Crippen LogP contribution in [0.25, 0.3) is 0 Å². The first kappa shape index (κ1) is 26.2. The van der Waals surface area contributed by atoms with E-state index < -0.39 is 5.54 Å². The van der Waals surface area contributed by atoms with Gasteiger partial charge in [0.15, 0.2) is 0 Å². The second-order valence-corrected chi connectivity index (χ2v) is 6.21. The summed E-state index contributed by atoms with van der Waals surface area (Å²) in [6, 6.07) is 0. The second-order valence-electron chi connectivity index (χ2n) is 6.21. The number of rotatable bonds is 17. The summed E-state index contributed by atoms with van der Waals surface area (Å²) in [6.45, 7) is 1.22. The molecule has 0 unspecified atom stereocenters. The van der Waals surface area contributed by atoms with E-state index in [-0.39, 0.29) is 63.6 Å². The fourth-order valence-corrected chi connectivity index (χ4v) is 2.05. The highest BCUT2D eigenvalue weighted by molar-refractivity contribution is 5.69. The quantitative estimate of drug-likeness (QED) is 0.202. The Kier molecular flexibility index (Phi) is 15.2. The van der Waals surface area contributed by atoms with Gasteiger partial charge in [-0.3, -0.25) is 14.4 Å². The Balaban J connectivity index is 4.28. The minimum atomic E-state index is -0.938. The zero-order valence-corrected chi connectivity index (χ0v) is 17.0. The molecule has 2 N–H and O–H groups in total. The van der Waals surface area contributed by atoms with Crippen LogP contribution in [0.15, 0.2) is 0 Å². The Labute approximate surface area is 165 Å². The molecule has 0 radical (unpaired) electrons. The van der Waals surface area contributed by atoms with Gasteiger partial charge in [0.2, 0.25) is 0 Å². The van der Waals surface area contributed by atoms with Crippen molar-refractivity contribution < 1.29 is 42.8 Å². The van der Waals surface area contributed by atoms with Gasteiger partial charge in [-0.1, -0.05) is 0 Å². The van der Waals surface area contributed by atoms with Crippen LogP contribution in [0.2, 0.25) is 0 Å². The maximum absolute atomic E-state index is 11.1. The summed E-state index contributed by atoms with van der Waals surface area (Å²) in [7, 11) is 3.97. The number of carbonyl (C=O) groups excluding carboxylic acids is 3. The van der Waals surface area contributed by atoms with Crippen LogP contribution in [0.1, 0.15) is 32.1 Å². The Morgan fingerprint density at radius 1 is 0.643 bits per heavy atom. The summed E-state index contributed by atoms with van der Waals surface area (Å²) in [4.78, 5) is 33.3. The third-order valence-electron chi connectivity index (χ3n) is 3.64. The normalized spacial score (nSPS) is 11.1. The van der Waals surface area contributed by atoms with Crippen LogP contribution in [0.5, 0.6) is 0 Å². The Hall–Kier alpha value is -1.75. The number of methoxy groups -OCH3 is 3. The molecule has 0 aromatic heterocycles. The molecule has 0 aliphatic carbocycles. The third-order valence-corrected chi connectivity index (χ3v) is 3.64. The van der Waals surface area contributed by atoms with E-state index in [1.165, 1.54) is 21.3 Å². The van der Waals surface area contributed by atoms with Crippen molar-refractivity contribution in [2.75, 3.05) is 61.0 Å². The number of carbonyl (C=O) groups is 3. The largest absolute Gasteiger partial charge is 0.469 e. The molecule has 10 heteroatoms. The van der Waals surface area contributed by atoms with E-state index >= 15 is 0 Å². The summed E-state index contributed by atoms with van der Waals surface area (Å²) in [5.41, 5.74) is 5.37. The highest BCUT2D eigenvalue weighted by Crippen LogP contribution is 2.07. The second kappa shape index (κ2) is 16.2. The van der Waals surface area contributed by atoms with E-state index in [0.717, 1.165) is 0 Å². The first-order valence-corrected chi connectivity index (χ1v) is 9.09. The predicted molar refractivity (Wildman–Crippen MR) is 98.5 cm³/mol. The summed E-state index contributed by atoms with van der Waals surface area (Å²) < 4.78 is 30.2. The first-order valence-electron chi connectivity index (χ1n) is 9.09.